The number of hydrogen-bond acceptors (Lipinski definition) is 3. The average Bonchev–Trinajstić information content (AvgIpc) is 2.48. The van der Waals surface area contributed by atoms with Crippen LogP contribution in [0.15, 0.2) is 5.38 Å². The first kappa shape index (κ1) is 10.7. The molecule has 0 unspecified atom stereocenters. The minimum absolute atomic E-state index is 1.06. The number of thiazole rings is 1. The summed E-state index contributed by atoms with van der Waals surface area (Å²) in [6.45, 7) is 9.64. The SMILES string of the molecule is CC.Cc1nc(CN2CCC2)cs1. The maximum absolute atomic E-state index is 4.41. The summed E-state index contributed by atoms with van der Waals surface area (Å²) in [6.07, 6.45) is 1.36. The van der Waals surface area contributed by atoms with Crippen LogP contribution in [0.2, 0.25) is 0 Å². The lowest BCUT2D eigenvalue weighted by Crippen LogP contribution is -2.36. The van der Waals surface area contributed by atoms with Gasteiger partial charge in [0.15, 0.2) is 0 Å². The molecular weight excluding hydrogens is 180 g/mol. The second-order valence-corrected chi connectivity index (χ2v) is 4.05. The van der Waals surface area contributed by atoms with E-state index < -0.39 is 0 Å². The first-order valence-electron chi connectivity index (χ1n) is 4.98. The predicted octanol–water partition coefficient (Wildman–Crippen LogP) is 2.68. The first-order chi connectivity index (χ1) is 6.34. The van der Waals surface area contributed by atoms with Gasteiger partial charge in [0.05, 0.1) is 10.7 Å². The number of aryl methyl sites for hydroxylation is 1. The molecule has 1 saturated heterocycles. The fourth-order valence-electron chi connectivity index (χ4n) is 1.25. The third-order valence-electron chi connectivity index (χ3n) is 2.00. The maximum Gasteiger partial charge on any atom is 0.0897 e. The molecule has 0 saturated carbocycles. The monoisotopic (exact) mass is 198 g/mol. The highest BCUT2D eigenvalue weighted by molar-refractivity contribution is 7.09. The minimum atomic E-state index is 1.06. The molecule has 0 spiro atoms. The van der Waals surface area contributed by atoms with Gasteiger partial charge in [-0.05, 0) is 26.4 Å². The van der Waals surface area contributed by atoms with E-state index in [0.29, 0.717) is 0 Å². The molecule has 3 heteroatoms. The zero-order valence-electron chi connectivity index (χ0n) is 8.71. The van der Waals surface area contributed by atoms with E-state index in [1.807, 2.05) is 13.8 Å². The Bertz CT molecular complexity index is 241. The summed E-state index contributed by atoms with van der Waals surface area (Å²) in [7, 11) is 0. The Hall–Kier alpha value is -0.410. The maximum atomic E-state index is 4.41. The lowest BCUT2D eigenvalue weighted by Gasteiger charge is -2.29. The van der Waals surface area contributed by atoms with Gasteiger partial charge >= 0.3 is 0 Å². The molecule has 1 fully saturated rings. The van der Waals surface area contributed by atoms with Crippen LogP contribution < -0.4 is 0 Å². The largest absolute Gasteiger partial charge is 0.297 e. The van der Waals surface area contributed by atoms with Gasteiger partial charge in [-0.15, -0.1) is 11.3 Å². The molecule has 0 amide bonds. The van der Waals surface area contributed by atoms with Crippen molar-refractivity contribution in [2.75, 3.05) is 13.1 Å². The lowest BCUT2D eigenvalue weighted by atomic mass is 10.2. The molecule has 2 heterocycles. The number of rotatable bonds is 2. The Labute approximate surface area is 84.6 Å². The van der Waals surface area contributed by atoms with Crippen molar-refractivity contribution in [1.82, 2.24) is 9.88 Å². The van der Waals surface area contributed by atoms with E-state index in [-0.39, 0.29) is 0 Å². The molecule has 1 aliphatic heterocycles. The van der Waals surface area contributed by atoms with Crippen LogP contribution in [-0.2, 0) is 6.54 Å². The van der Waals surface area contributed by atoms with E-state index in [1.54, 1.807) is 11.3 Å². The normalized spacial score (nSPS) is 15.9. The second-order valence-electron chi connectivity index (χ2n) is 2.99. The molecular formula is C10H18N2S. The van der Waals surface area contributed by atoms with Gasteiger partial charge in [0.25, 0.3) is 0 Å². The molecule has 2 nitrogen and oxygen atoms in total. The van der Waals surface area contributed by atoms with Gasteiger partial charge in [0.1, 0.15) is 0 Å². The Morgan fingerprint density at radius 3 is 2.54 bits per heavy atom. The molecule has 0 radical (unpaired) electrons. The molecule has 0 bridgehead atoms. The third kappa shape index (κ3) is 3.08. The quantitative estimate of drug-likeness (QED) is 0.726. The Morgan fingerprint density at radius 2 is 2.15 bits per heavy atom. The van der Waals surface area contributed by atoms with E-state index in [4.69, 9.17) is 0 Å². The lowest BCUT2D eigenvalue weighted by molar-refractivity contribution is 0.171. The van der Waals surface area contributed by atoms with Crippen LogP contribution in [0.1, 0.15) is 31.0 Å². The van der Waals surface area contributed by atoms with Crippen molar-refractivity contribution in [1.29, 1.82) is 0 Å². The van der Waals surface area contributed by atoms with Crippen molar-refractivity contribution in [2.24, 2.45) is 0 Å². The van der Waals surface area contributed by atoms with Crippen molar-refractivity contribution in [3.05, 3.63) is 16.1 Å². The van der Waals surface area contributed by atoms with Crippen molar-refractivity contribution < 1.29 is 0 Å². The van der Waals surface area contributed by atoms with E-state index in [2.05, 4.69) is 22.2 Å². The van der Waals surface area contributed by atoms with Crippen LogP contribution in [-0.4, -0.2) is 23.0 Å². The van der Waals surface area contributed by atoms with Crippen LogP contribution in [0, 0.1) is 6.92 Å². The molecule has 13 heavy (non-hydrogen) atoms. The first-order valence-corrected chi connectivity index (χ1v) is 5.86. The second kappa shape index (κ2) is 5.35. The molecule has 0 atom stereocenters. The molecule has 1 aromatic rings. The fourth-order valence-corrected chi connectivity index (χ4v) is 1.85. The number of nitrogens with zero attached hydrogens (tertiary/aromatic N) is 2. The van der Waals surface area contributed by atoms with E-state index in [9.17, 15) is 0 Å². The van der Waals surface area contributed by atoms with Gasteiger partial charge in [0.2, 0.25) is 0 Å². The van der Waals surface area contributed by atoms with Gasteiger partial charge in [-0.3, -0.25) is 4.90 Å². The Balaban J connectivity index is 0.000000396. The van der Waals surface area contributed by atoms with Gasteiger partial charge in [0, 0.05) is 11.9 Å². The van der Waals surface area contributed by atoms with Crippen LogP contribution in [0.3, 0.4) is 0 Å². The third-order valence-corrected chi connectivity index (χ3v) is 2.82. The highest BCUT2D eigenvalue weighted by Crippen LogP contribution is 2.14. The van der Waals surface area contributed by atoms with Crippen LogP contribution in [0.25, 0.3) is 0 Å². The minimum Gasteiger partial charge on any atom is -0.297 e. The molecule has 0 aliphatic carbocycles. The Kier molecular flexibility index (Phi) is 4.39. The summed E-state index contributed by atoms with van der Waals surface area (Å²) >= 11 is 1.74. The highest BCUT2D eigenvalue weighted by atomic mass is 32.1. The van der Waals surface area contributed by atoms with Crippen LogP contribution in [0.4, 0.5) is 0 Å². The van der Waals surface area contributed by atoms with Crippen molar-refractivity contribution in [3.8, 4) is 0 Å². The molecule has 74 valence electrons. The number of hydrogen-bond donors (Lipinski definition) is 0. The zero-order chi connectivity index (χ0) is 9.68. The molecule has 0 aromatic carbocycles. The summed E-state index contributed by atoms with van der Waals surface area (Å²) in [6, 6.07) is 0. The van der Waals surface area contributed by atoms with Gasteiger partial charge < -0.3 is 0 Å². The van der Waals surface area contributed by atoms with E-state index >= 15 is 0 Å². The van der Waals surface area contributed by atoms with Crippen LogP contribution >= 0.6 is 11.3 Å². The topological polar surface area (TPSA) is 16.1 Å². The number of aromatic nitrogens is 1. The summed E-state index contributed by atoms with van der Waals surface area (Å²) in [5.74, 6) is 0. The van der Waals surface area contributed by atoms with E-state index in [0.717, 1.165) is 6.54 Å². The molecule has 0 N–H and O–H groups in total. The summed E-state index contributed by atoms with van der Waals surface area (Å²) in [5, 5.41) is 3.34. The zero-order valence-corrected chi connectivity index (χ0v) is 9.52. The molecule has 2 rings (SSSR count). The van der Waals surface area contributed by atoms with Crippen molar-refractivity contribution in [3.63, 3.8) is 0 Å². The smallest absolute Gasteiger partial charge is 0.0897 e. The summed E-state index contributed by atoms with van der Waals surface area (Å²) in [4.78, 5) is 6.83. The van der Waals surface area contributed by atoms with Gasteiger partial charge in [-0.1, -0.05) is 13.8 Å². The Morgan fingerprint density at radius 1 is 1.46 bits per heavy atom. The predicted molar refractivity (Wildman–Crippen MR) is 58.1 cm³/mol. The van der Waals surface area contributed by atoms with Crippen molar-refractivity contribution >= 4 is 11.3 Å². The van der Waals surface area contributed by atoms with Gasteiger partial charge in [-0.25, -0.2) is 4.98 Å². The highest BCUT2D eigenvalue weighted by Gasteiger charge is 2.14. The summed E-state index contributed by atoms with van der Waals surface area (Å²) in [5.41, 5.74) is 1.24. The molecule has 1 aliphatic rings. The standard InChI is InChI=1S/C8H12N2S.C2H6/c1-7-9-8(6-11-7)5-10-3-2-4-10;1-2/h6H,2-5H2,1H3;1-2H3. The fraction of sp³-hybridized carbons (Fsp3) is 0.700. The average molecular weight is 198 g/mol. The van der Waals surface area contributed by atoms with Crippen molar-refractivity contribution in [2.45, 2.75) is 33.7 Å². The van der Waals surface area contributed by atoms with Gasteiger partial charge in [-0.2, -0.15) is 0 Å². The molecule has 1 aromatic heterocycles. The number of likely N-dealkylation sites (tertiary alicyclic amines) is 1. The van der Waals surface area contributed by atoms with Crippen LogP contribution in [0.5, 0.6) is 0 Å². The van der Waals surface area contributed by atoms with E-state index in [1.165, 1.54) is 30.2 Å². The summed E-state index contributed by atoms with van der Waals surface area (Å²) < 4.78 is 0.